The van der Waals surface area contributed by atoms with Crippen LogP contribution in [-0.4, -0.2) is 62.2 Å². The Balaban J connectivity index is 1.36. The van der Waals surface area contributed by atoms with Gasteiger partial charge in [-0.05, 0) is 54.9 Å². The topological polar surface area (TPSA) is 98.1 Å². The van der Waals surface area contributed by atoms with Gasteiger partial charge < -0.3 is 10.1 Å². The Morgan fingerprint density at radius 3 is 2.85 bits per heavy atom. The number of carbonyl (C=O) groups excluding carboxylic acids is 1. The van der Waals surface area contributed by atoms with Gasteiger partial charge in [-0.2, -0.15) is 0 Å². The first-order chi connectivity index (χ1) is 13.3. The summed E-state index contributed by atoms with van der Waals surface area (Å²) in [4.78, 5) is 18.5. The Morgan fingerprint density at radius 2 is 2.07 bits per heavy atom. The third-order valence-corrected chi connectivity index (χ3v) is 4.51. The number of amides is 1. The number of rotatable bonds is 9. The van der Waals surface area contributed by atoms with Crippen LogP contribution in [0, 0.1) is 0 Å². The molecule has 0 aromatic carbocycles. The number of aromatic nitrogens is 5. The van der Waals surface area contributed by atoms with E-state index in [-0.39, 0.29) is 12.5 Å². The van der Waals surface area contributed by atoms with E-state index in [1.54, 1.807) is 17.1 Å². The summed E-state index contributed by atoms with van der Waals surface area (Å²) in [6.07, 6.45) is 9.08. The molecule has 9 nitrogen and oxygen atoms in total. The Bertz CT molecular complexity index is 684. The number of hydrogen-bond donors (Lipinski definition) is 1. The van der Waals surface area contributed by atoms with Gasteiger partial charge in [-0.3, -0.25) is 14.7 Å². The molecule has 0 bridgehead atoms. The van der Waals surface area contributed by atoms with Crippen molar-refractivity contribution in [2.24, 2.45) is 0 Å². The summed E-state index contributed by atoms with van der Waals surface area (Å²) in [5.41, 5.74) is 0. The van der Waals surface area contributed by atoms with Gasteiger partial charge in [0.1, 0.15) is 12.3 Å². The molecule has 1 N–H and O–H groups in total. The molecule has 0 unspecified atom stereocenters. The van der Waals surface area contributed by atoms with Crippen LogP contribution in [0.1, 0.15) is 37.9 Å². The van der Waals surface area contributed by atoms with Crippen molar-refractivity contribution >= 4 is 5.91 Å². The van der Waals surface area contributed by atoms with Crippen molar-refractivity contribution in [1.29, 1.82) is 0 Å². The van der Waals surface area contributed by atoms with Crippen LogP contribution in [0.25, 0.3) is 0 Å². The average Bonchev–Trinajstić information content (AvgIpc) is 2.94. The second-order valence-corrected chi connectivity index (χ2v) is 6.68. The average molecular weight is 373 g/mol. The first kappa shape index (κ1) is 19.2. The fourth-order valence-corrected chi connectivity index (χ4v) is 3.07. The lowest BCUT2D eigenvalue weighted by molar-refractivity contribution is -0.121. The van der Waals surface area contributed by atoms with E-state index in [0.717, 1.165) is 31.1 Å². The van der Waals surface area contributed by atoms with Crippen molar-refractivity contribution in [1.82, 2.24) is 35.4 Å². The molecule has 9 heteroatoms. The minimum absolute atomic E-state index is 0.0965. The Hall–Kier alpha value is -2.55. The molecule has 1 aliphatic rings. The zero-order chi connectivity index (χ0) is 18.7. The quantitative estimate of drug-likeness (QED) is 0.656. The molecule has 1 amide bonds. The molecule has 0 spiro atoms. The molecule has 1 saturated heterocycles. The van der Waals surface area contributed by atoms with Crippen LogP contribution in [0.3, 0.4) is 0 Å². The predicted molar refractivity (Wildman–Crippen MR) is 98.9 cm³/mol. The van der Waals surface area contributed by atoms with Gasteiger partial charge in [-0.1, -0.05) is 12.8 Å². The van der Waals surface area contributed by atoms with Crippen LogP contribution < -0.4 is 10.1 Å². The second-order valence-electron chi connectivity index (χ2n) is 6.68. The van der Waals surface area contributed by atoms with Gasteiger partial charge in [-0.15, -0.1) is 5.10 Å². The number of tetrazole rings is 1. The third-order valence-electron chi connectivity index (χ3n) is 4.51. The van der Waals surface area contributed by atoms with E-state index in [1.165, 1.54) is 25.7 Å². The molecule has 0 radical (unpaired) electrons. The van der Waals surface area contributed by atoms with Crippen LogP contribution in [0.15, 0.2) is 24.5 Å². The SMILES string of the molecule is O=C(Cn1nnnc1CN1CCCCCC1)NCCCOc1cccnc1. The highest BCUT2D eigenvalue weighted by molar-refractivity contribution is 5.75. The van der Waals surface area contributed by atoms with Crippen molar-refractivity contribution in [2.45, 2.75) is 45.2 Å². The van der Waals surface area contributed by atoms with E-state index in [1.807, 2.05) is 12.1 Å². The van der Waals surface area contributed by atoms with E-state index in [9.17, 15) is 4.79 Å². The van der Waals surface area contributed by atoms with Crippen molar-refractivity contribution in [3.63, 3.8) is 0 Å². The maximum Gasteiger partial charge on any atom is 0.241 e. The zero-order valence-corrected chi connectivity index (χ0v) is 15.6. The summed E-state index contributed by atoms with van der Waals surface area (Å²) >= 11 is 0. The smallest absolute Gasteiger partial charge is 0.241 e. The summed E-state index contributed by atoms with van der Waals surface area (Å²) < 4.78 is 7.14. The number of nitrogens with zero attached hydrogens (tertiary/aromatic N) is 6. The Labute approximate surface area is 159 Å². The maximum atomic E-state index is 12.2. The van der Waals surface area contributed by atoms with Crippen molar-refractivity contribution < 1.29 is 9.53 Å². The lowest BCUT2D eigenvalue weighted by Gasteiger charge is -2.18. The highest BCUT2D eigenvalue weighted by Crippen LogP contribution is 2.11. The first-order valence-corrected chi connectivity index (χ1v) is 9.58. The van der Waals surface area contributed by atoms with Gasteiger partial charge in [0.15, 0.2) is 5.82 Å². The van der Waals surface area contributed by atoms with Crippen LogP contribution in [-0.2, 0) is 17.9 Å². The van der Waals surface area contributed by atoms with Gasteiger partial charge in [-0.25, -0.2) is 4.68 Å². The second kappa shape index (κ2) is 10.6. The number of nitrogens with one attached hydrogen (secondary N) is 1. The molecule has 1 aliphatic heterocycles. The van der Waals surface area contributed by atoms with E-state index in [4.69, 9.17) is 4.74 Å². The maximum absolute atomic E-state index is 12.2. The van der Waals surface area contributed by atoms with E-state index < -0.39 is 0 Å². The minimum atomic E-state index is -0.0965. The summed E-state index contributed by atoms with van der Waals surface area (Å²) in [6.45, 7) is 4.03. The van der Waals surface area contributed by atoms with Crippen molar-refractivity contribution in [2.75, 3.05) is 26.2 Å². The first-order valence-electron chi connectivity index (χ1n) is 9.58. The lowest BCUT2D eigenvalue weighted by atomic mass is 10.2. The fraction of sp³-hybridized carbons (Fsp3) is 0.611. The van der Waals surface area contributed by atoms with E-state index in [0.29, 0.717) is 19.7 Å². The van der Waals surface area contributed by atoms with Gasteiger partial charge in [0.05, 0.1) is 19.3 Å². The number of carbonyl (C=O) groups is 1. The molecule has 0 atom stereocenters. The van der Waals surface area contributed by atoms with Crippen LogP contribution in [0.5, 0.6) is 5.75 Å². The molecule has 2 aromatic rings. The van der Waals surface area contributed by atoms with Crippen molar-refractivity contribution in [3.05, 3.63) is 30.4 Å². The Morgan fingerprint density at radius 1 is 1.22 bits per heavy atom. The summed E-state index contributed by atoms with van der Waals surface area (Å²) in [6, 6.07) is 3.68. The van der Waals surface area contributed by atoms with Gasteiger partial charge >= 0.3 is 0 Å². The zero-order valence-electron chi connectivity index (χ0n) is 15.6. The van der Waals surface area contributed by atoms with Gasteiger partial charge in [0.2, 0.25) is 5.91 Å². The van der Waals surface area contributed by atoms with Crippen LogP contribution in [0.4, 0.5) is 0 Å². The van der Waals surface area contributed by atoms with Gasteiger partial charge in [0.25, 0.3) is 0 Å². The molecular formula is C18H27N7O2. The predicted octanol–water partition coefficient (Wildman–Crippen LogP) is 1.03. The standard InChI is InChI=1S/C18H27N7O2/c26-18(20-9-6-12-27-16-7-5-8-19-13-16)15-25-17(21-22-23-25)14-24-10-3-1-2-4-11-24/h5,7-8,13H,1-4,6,9-12,14-15H2,(H,20,26). The van der Waals surface area contributed by atoms with Crippen molar-refractivity contribution in [3.8, 4) is 5.75 Å². The largest absolute Gasteiger partial charge is 0.492 e. The summed E-state index contributed by atoms with van der Waals surface area (Å²) in [7, 11) is 0. The highest BCUT2D eigenvalue weighted by atomic mass is 16.5. The lowest BCUT2D eigenvalue weighted by Crippen LogP contribution is -2.31. The van der Waals surface area contributed by atoms with Crippen LogP contribution >= 0.6 is 0 Å². The third kappa shape index (κ3) is 6.59. The number of pyridine rings is 1. The number of ether oxygens (including phenoxy) is 1. The molecule has 27 heavy (non-hydrogen) atoms. The summed E-state index contributed by atoms with van der Waals surface area (Å²) in [5.74, 6) is 1.38. The molecule has 3 rings (SSSR count). The molecular weight excluding hydrogens is 346 g/mol. The minimum Gasteiger partial charge on any atom is -0.492 e. The molecule has 0 aliphatic carbocycles. The monoisotopic (exact) mass is 373 g/mol. The molecule has 3 heterocycles. The normalized spacial score (nSPS) is 15.3. The summed E-state index contributed by atoms with van der Waals surface area (Å²) in [5, 5.41) is 14.7. The van der Waals surface area contributed by atoms with E-state index in [2.05, 4.69) is 30.7 Å². The highest BCUT2D eigenvalue weighted by Gasteiger charge is 2.15. The van der Waals surface area contributed by atoms with Crippen LogP contribution in [0.2, 0.25) is 0 Å². The molecule has 0 saturated carbocycles. The van der Waals surface area contributed by atoms with Gasteiger partial charge in [0, 0.05) is 12.7 Å². The molecule has 1 fully saturated rings. The number of hydrogen-bond acceptors (Lipinski definition) is 7. The van der Waals surface area contributed by atoms with E-state index >= 15 is 0 Å². The molecule has 2 aromatic heterocycles. The number of likely N-dealkylation sites (tertiary alicyclic amines) is 1. The fourth-order valence-electron chi connectivity index (χ4n) is 3.07. The Kier molecular flexibility index (Phi) is 7.52. The molecule has 146 valence electrons.